The Morgan fingerprint density at radius 1 is 1.00 bits per heavy atom. The van der Waals surface area contributed by atoms with Crippen LogP contribution in [0.4, 0.5) is 0 Å². The van der Waals surface area contributed by atoms with Gasteiger partial charge in [0.1, 0.15) is 0 Å². The summed E-state index contributed by atoms with van der Waals surface area (Å²) < 4.78 is 0. The molecule has 0 aromatic heterocycles. The van der Waals surface area contributed by atoms with E-state index in [2.05, 4.69) is 0 Å². The van der Waals surface area contributed by atoms with Crippen LogP contribution in [0.1, 0.15) is 13.8 Å². The summed E-state index contributed by atoms with van der Waals surface area (Å²) in [5.74, 6) is -1.67. The van der Waals surface area contributed by atoms with Gasteiger partial charge in [-0.2, -0.15) is 0 Å². The monoisotopic (exact) mass is 274 g/mol. The van der Waals surface area contributed by atoms with E-state index in [1.165, 1.54) is 0 Å². The second-order valence-corrected chi connectivity index (χ2v) is 1.04. The molecule has 6 heteroatoms. The van der Waals surface area contributed by atoms with Gasteiger partial charge in [0, 0.05) is 13.8 Å². The molecule has 0 saturated heterocycles. The van der Waals surface area contributed by atoms with Gasteiger partial charge in [0.25, 0.3) is 11.9 Å². The number of hydrogen-bond donors (Lipinski definition) is 2. The van der Waals surface area contributed by atoms with Crippen LogP contribution in [0.15, 0.2) is 0 Å². The maximum atomic E-state index is 9.00. The SMILES string of the molecule is CC(=O)O.CC(=O)O.Cl.[InH3]. The summed E-state index contributed by atoms with van der Waals surface area (Å²) in [5, 5.41) is 14.8. The van der Waals surface area contributed by atoms with E-state index >= 15 is 0 Å². The predicted molar refractivity (Wildman–Crippen MR) is 43.8 cm³/mol. The molecule has 0 aromatic rings. The van der Waals surface area contributed by atoms with Gasteiger partial charge < -0.3 is 10.2 Å². The number of carbonyl (C=O) groups is 2. The normalized spacial score (nSPS) is 5.00. The fraction of sp³-hybridized carbons (Fsp3) is 0.500. The summed E-state index contributed by atoms with van der Waals surface area (Å²) in [6.45, 7) is 2.17. The Morgan fingerprint density at radius 3 is 1.00 bits per heavy atom. The molecule has 0 unspecified atom stereocenters. The van der Waals surface area contributed by atoms with Crippen LogP contribution in [0.2, 0.25) is 0 Å². The first-order valence-corrected chi connectivity index (χ1v) is 1.86. The fourth-order valence-corrected chi connectivity index (χ4v) is 0. The molecule has 0 radical (unpaired) electrons. The van der Waals surface area contributed by atoms with Crippen LogP contribution in [-0.2, 0) is 9.59 Å². The molecule has 0 bridgehead atoms. The summed E-state index contributed by atoms with van der Waals surface area (Å²) in [5.41, 5.74) is 0. The van der Waals surface area contributed by atoms with Gasteiger partial charge in [-0.05, 0) is 0 Å². The summed E-state index contributed by atoms with van der Waals surface area (Å²) in [7, 11) is 0. The second kappa shape index (κ2) is 16.0. The minimum atomic E-state index is -0.833. The number of carboxylic acids is 2. The summed E-state index contributed by atoms with van der Waals surface area (Å²) >= 11 is 0. The van der Waals surface area contributed by atoms with Crippen molar-refractivity contribution >= 4 is 50.2 Å². The Hall–Kier alpha value is 0.100. The number of carboxylic acid groups (broad SMARTS) is 2. The number of rotatable bonds is 0. The van der Waals surface area contributed by atoms with Crippen LogP contribution < -0.4 is 0 Å². The topological polar surface area (TPSA) is 74.6 Å². The van der Waals surface area contributed by atoms with Crippen LogP contribution >= 0.6 is 12.4 Å². The van der Waals surface area contributed by atoms with Gasteiger partial charge >= 0.3 is 25.8 Å². The van der Waals surface area contributed by atoms with E-state index in [9.17, 15) is 0 Å². The third kappa shape index (κ3) is 40700. The average molecular weight is 274 g/mol. The van der Waals surface area contributed by atoms with Gasteiger partial charge in [-0.15, -0.1) is 12.4 Å². The molecule has 0 fully saturated rings. The van der Waals surface area contributed by atoms with Crippen molar-refractivity contribution in [2.45, 2.75) is 13.8 Å². The van der Waals surface area contributed by atoms with Crippen molar-refractivity contribution in [2.24, 2.45) is 0 Å². The van der Waals surface area contributed by atoms with Gasteiger partial charge in [0.05, 0.1) is 0 Å². The van der Waals surface area contributed by atoms with Gasteiger partial charge in [-0.1, -0.05) is 0 Å². The zero-order chi connectivity index (χ0) is 7.15. The fourth-order valence-electron chi connectivity index (χ4n) is 0. The van der Waals surface area contributed by atoms with Crippen LogP contribution in [-0.4, -0.2) is 48.0 Å². The van der Waals surface area contributed by atoms with Crippen LogP contribution in [0.25, 0.3) is 0 Å². The molecule has 10 heavy (non-hydrogen) atoms. The number of hydrogen-bond acceptors (Lipinski definition) is 2. The minimum absolute atomic E-state index is 0. The molecule has 0 heterocycles. The van der Waals surface area contributed by atoms with Crippen molar-refractivity contribution in [2.75, 3.05) is 0 Å². The van der Waals surface area contributed by atoms with Crippen LogP contribution in [0.3, 0.4) is 0 Å². The van der Waals surface area contributed by atoms with Crippen molar-refractivity contribution in [1.29, 1.82) is 0 Å². The molecule has 4 nitrogen and oxygen atoms in total. The van der Waals surface area contributed by atoms with E-state index in [1.54, 1.807) is 0 Å². The van der Waals surface area contributed by atoms with Gasteiger partial charge in [0.2, 0.25) is 0 Å². The molecule has 0 saturated carbocycles. The van der Waals surface area contributed by atoms with E-state index in [4.69, 9.17) is 19.8 Å². The molecule has 0 aliphatic carbocycles. The Morgan fingerprint density at radius 2 is 1.00 bits per heavy atom. The van der Waals surface area contributed by atoms with Crippen molar-refractivity contribution in [3.05, 3.63) is 0 Å². The first-order chi connectivity index (χ1) is 3.46. The summed E-state index contributed by atoms with van der Waals surface area (Å²) in [6, 6.07) is 0. The molecule has 0 amide bonds. The van der Waals surface area contributed by atoms with Gasteiger partial charge in [-0.25, -0.2) is 0 Å². The molecule has 0 aliphatic heterocycles. The zero-order valence-electron chi connectivity index (χ0n) is 5.12. The molecule has 0 aromatic carbocycles. The third-order valence-corrected chi connectivity index (χ3v) is 0. The van der Waals surface area contributed by atoms with Crippen molar-refractivity contribution in [3.63, 3.8) is 0 Å². The Bertz CT molecular complexity index is 75.3. The summed E-state index contributed by atoms with van der Waals surface area (Å²) in [6.07, 6.45) is 0. The predicted octanol–water partition coefficient (Wildman–Crippen LogP) is -0.580. The first kappa shape index (κ1) is 22.5. The van der Waals surface area contributed by atoms with E-state index in [1.807, 2.05) is 0 Å². The second-order valence-electron chi connectivity index (χ2n) is 1.04. The third-order valence-electron chi connectivity index (χ3n) is 0. The molecule has 0 spiro atoms. The Kier molecular flexibility index (Phi) is 36.1. The molecular weight excluding hydrogens is 262 g/mol. The zero-order valence-corrected chi connectivity index (χ0v) is 5.94. The van der Waals surface area contributed by atoms with Gasteiger partial charge in [-0.3, -0.25) is 9.59 Å². The van der Waals surface area contributed by atoms with E-state index < -0.39 is 11.9 Å². The number of aliphatic carboxylic acids is 2. The molecule has 0 rings (SSSR count). The van der Waals surface area contributed by atoms with Gasteiger partial charge in [0.15, 0.2) is 0 Å². The van der Waals surface area contributed by atoms with Crippen LogP contribution in [0, 0.1) is 0 Å². The molecule has 62 valence electrons. The van der Waals surface area contributed by atoms with E-state index in [0.29, 0.717) is 0 Å². The maximum absolute atomic E-state index is 9.00. The quantitative estimate of drug-likeness (QED) is 0.620. The van der Waals surface area contributed by atoms with Crippen LogP contribution in [0.5, 0.6) is 0 Å². The average Bonchev–Trinajstić information content (AvgIpc) is 1.25. The standard InChI is InChI=1S/2C2H4O2.ClH.In.3H/c2*1-2(3)4;;;;;/h2*1H3,(H,3,4);1H;;;;. The van der Waals surface area contributed by atoms with E-state index in [-0.39, 0.29) is 38.3 Å². The Balaban J connectivity index is -0.0000000300. The van der Waals surface area contributed by atoms with E-state index in [0.717, 1.165) is 13.8 Å². The Labute approximate surface area is 83.8 Å². The van der Waals surface area contributed by atoms with Crippen molar-refractivity contribution in [3.8, 4) is 0 Å². The summed E-state index contributed by atoms with van der Waals surface area (Å²) in [4.78, 5) is 18.0. The van der Waals surface area contributed by atoms with Crippen molar-refractivity contribution in [1.82, 2.24) is 0 Å². The number of halogens is 1. The molecular formula is C4H12ClInO4. The first-order valence-electron chi connectivity index (χ1n) is 1.86. The molecule has 2 N–H and O–H groups in total. The molecule has 0 atom stereocenters. The van der Waals surface area contributed by atoms with Crippen molar-refractivity contribution < 1.29 is 19.8 Å². The molecule has 0 aliphatic rings.